The highest BCUT2D eigenvalue weighted by Crippen LogP contribution is 2.32. The summed E-state index contributed by atoms with van der Waals surface area (Å²) in [7, 11) is 3.20. The Balaban J connectivity index is 1.99. The average molecular weight is 310 g/mol. The van der Waals surface area contributed by atoms with Gasteiger partial charge in [-0.05, 0) is 43.7 Å². The number of ether oxygens (including phenoxy) is 2. The quantitative estimate of drug-likeness (QED) is 0.728. The molecule has 3 rings (SSSR count). The third kappa shape index (κ3) is 2.90. The number of hydrogen-bond acceptors (Lipinski definition) is 5. The maximum Gasteiger partial charge on any atom is 0.258 e. The van der Waals surface area contributed by atoms with Gasteiger partial charge in [0.2, 0.25) is 5.82 Å². The summed E-state index contributed by atoms with van der Waals surface area (Å²) in [6.45, 7) is 4.09. The molecule has 0 saturated heterocycles. The summed E-state index contributed by atoms with van der Waals surface area (Å²) in [6, 6.07) is 11.6. The fourth-order valence-corrected chi connectivity index (χ4v) is 2.48. The SMILES string of the molecule is COc1ccc(-c2noc(-c3ccc(C)cc3C)n2)cc1OC. The molecule has 5 nitrogen and oxygen atoms in total. The predicted molar refractivity (Wildman–Crippen MR) is 87.7 cm³/mol. The van der Waals surface area contributed by atoms with Crippen LogP contribution in [0, 0.1) is 13.8 Å². The molecule has 0 radical (unpaired) electrons. The molecule has 0 aliphatic carbocycles. The van der Waals surface area contributed by atoms with Crippen molar-refractivity contribution in [3.05, 3.63) is 47.5 Å². The van der Waals surface area contributed by atoms with Crippen LogP contribution in [0.1, 0.15) is 11.1 Å². The van der Waals surface area contributed by atoms with Crippen molar-refractivity contribution in [2.45, 2.75) is 13.8 Å². The fraction of sp³-hybridized carbons (Fsp3) is 0.222. The van der Waals surface area contributed by atoms with E-state index in [9.17, 15) is 0 Å². The van der Waals surface area contributed by atoms with Crippen molar-refractivity contribution in [2.24, 2.45) is 0 Å². The average Bonchev–Trinajstić information content (AvgIpc) is 3.03. The first-order chi connectivity index (χ1) is 11.1. The number of hydrogen-bond donors (Lipinski definition) is 0. The summed E-state index contributed by atoms with van der Waals surface area (Å²) in [5.74, 6) is 2.31. The second-order valence-corrected chi connectivity index (χ2v) is 5.31. The van der Waals surface area contributed by atoms with E-state index in [1.54, 1.807) is 14.2 Å². The summed E-state index contributed by atoms with van der Waals surface area (Å²) in [6.07, 6.45) is 0. The minimum absolute atomic E-state index is 0.507. The summed E-state index contributed by atoms with van der Waals surface area (Å²) >= 11 is 0. The molecule has 0 spiro atoms. The molecule has 0 fully saturated rings. The molecule has 0 N–H and O–H groups in total. The highest BCUT2D eigenvalue weighted by molar-refractivity contribution is 5.65. The van der Waals surface area contributed by atoms with Crippen molar-refractivity contribution in [2.75, 3.05) is 14.2 Å². The minimum Gasteiger partial charge on any atom is -0.493 e. The molecule has 0 aliphatic heterocycles. The molecule has 1 heterocycles. The van der Waals surface area contributed by atoms with Crippen LogP contribution < -0.4 is 9.47 Å². The number of benzene rings is 2. The van der Waals surface area contributed by atoms with Gasteiger partial charge in [0.15, 0.2) is 11.5 Å². The summed E-state index contributed by atoms with van der Waals surface area (Å²) in [4.78, 5) is 4.50. The number of nitrogens with zero attached hydrogens (tertiary/aromatic N) is 2. The van der Waals surface area contributed by atoms with E-state index < -0.39 is 0 Å². The lowest BCUT2D eigenvalue weighted by molar-refractivity contribution is 0.355. The van der Waals surface area contributed by atoms with Gasteiger partial charge in [-0.1, -0.05) is 22.9 Å². The van der Waals surface area contributed by atoms with Crippen LogP contribution >= 0.6 is 0 Å². The highest BCUT2D eigenvalue weighted by Gasteiger charge is 2.14. The third-order valence-corrected chi connectivity index (χ3v) is 3.68. The number of rotatable bonds is 4. The lowest BCUT2D eigenvalue weighted by Gasteiger charge is -2.07. The van der Waals surface area contributed by atoms with E-state index in [4.69, 9.17) is 14.0 Å². The molecule has 0 bridgehead atoms. The van der Waals surface area contributed by atoms with Gasteiger partial charge in [-0.2, -0.15) is 4.98 Å². The Morgan fingerprint density at radius 1 is 0.913 bits per heavy atom. The zero-order valence-corrected chi connectivity index (χ0v) is 13.6. The van der Waals surface area contributed by atoms with Crippen molar-refractivity contribution < 1.29 is 14.0 Å². The number of aryl methyl sites for hydroxylation is 2. The molecule has 0 saturated carbocycles. The van der Waals surface area contributed by atoms with E-state index >= 15 is 0 Å². The molecule has 5 heteroatoms. The molecular weight excluding hydrogens is 292 g/mol. The monoisotopic (exact) mass is 310 g/mol. The zero-order valence-electron chi connectivity index (χ0n) is 13.6. The molecular formula is C18H18N2O3. The smallest absolute Gasteiger partial charge is 0.258 e. The van der Waals surface area contributed by atoms with E-state index in [1.807, 2.05) is 37.3 Å². The Labute approximate surface area is 134 Å². The molecule has 23 heavy (non-hydrogen) atoms. The molecule has 0 amide bonds. The highest BCUT2D eigenvalue weighted by atomic mass is 16.5. The van der Waals surface area contributed by atoms with Gasteiger partial charge < -0.3 is 14.0 Å². The standard InChI is InChI=1S/C18H18N2O3/c1-11-5-7-14(12(2)9-11)18-19-17(20-23-18)13-6-8-15(21-3)16(10-13)22-4/h5-10H,1-4H3. The third-order valence-electron chi connectivity index (χ3n) is 3.68. The van der Waals surface area contributed by atoms with E-state index in [-0.39, 0.29) is 0 Å². The molecule has 118 valence electrons. The van der Waals surface area contributed by atoms with Gasteiger partial charge in [-0.25, -0.2) is 0 Å². The second kappa shape index (κ2) is 6.12. The van der Waals surface area contributed by atoms with Crippen LogP contribution in [-0.2, 0) is 0 Å². The van der Waals surface area contributed by atoms with Gasteiger partial charge in [0.1, 0.15) is 0 Å². The van der Waals surface area contributed by atoms with E-state index in [1.165, 1.54) is 5.56 Å². The summed E-state index contributed by atoms with van der Waals surface area (Å²) in [5.41, 5.74) is 4.05. The minimum atomic E-state index is 0.507. The van der Waals surface area contributed by atoms with Crippen LogP contribution in [0.2, 0.25) is 0 Å². The van der Waals surface area contributed by atoms with Crippen molar-refractivity contribution in [1.82, 2.24) is 10.1 Å². The molecule has 2 aromatic carbocycles. The van der Waals surface area contributed by atoms with Crippen LogP contribution in [0.15, 0.2) is 40.9 Å². The van der Waals surface area contributed by atoms with Crippen molar-refractivity contribution in [1.29, 1.82) is 0 Å². The van der Waals surface area contributed by atoms with Crippen LogP contribution in [-0.4, -0.2) is 24.4 Å². The van der Waals surface area contributed by atoms with E-state index in [0.29, 0.717) is 23.2 Å². The lowest BCUT2D eigenvalue weighted by atomic mass is 10.1. The first-order valence-electron chi connectivity index (χ1n) is 7.26. The van der Waals surface area contributed by atoms with E-state index in [2.05, 4.69) is 23.1 Å². The second-order valence-electron chi connectivity index (χ2n) is 5.31. The molecule has 1 aromatic heterocycles. The van der Waals surface area contributed by atoms with Crippen LogP contribution in [0.4, 0.5) is 0 Å². The maximum absolute atomic E-state index is 5.42. The number of methoxy groups -OCH3 is 2. The molecule has 3 aromatic rings. The predicted octanol–water partition coefficient (Wildman–Crippen LogP) is 4.04. The largest absolute Gasteiger partial charge is 0.493 e. The Hall–Kier alpha value is -2.82. The zero-order chi connectivity index (χ0) is 16.4. The first kappa shape index (κ1) is 15.1. The lowest BCUT2D eigenvalue weighted by Crippen LogP contribution is -1.91. The van der Waals surface area contributed by atoms with Gasteiger partial charge in [-0.15, -0.1) is 0 Å². The topological polar surface area (TPSA) is 57.4 Å². The summed E-state index contributed by atoms with van der Waals surface area (Å²) < 4.78 is 16.0. The van der Waals surface area contributed by atoms with Crippen LogP contribution in [0.3, 0.4) is 0 Å². The van der Waals surface area contributed by atoms with Gasteiger partial charge >= 0.3 is 0 Å². The Bertz CT molecular complexity index is 840. The van der Waals surface area contributed by atoms with Gasteiger partial charge in [0, 0.05) is 11.1 Å². The van der Waals surface area contributed by atoms with Crippen LogP contribution in [0.5, 0.6) is 11.5 Å². The molecule has 0 atom stereocenters. The Morgan fingerprint density at radius 3 is 2.39 bits per heavy atom. The normalized spacial score (nSPS) is 10.6. The fourth-order valence-electron chi connectivity index (χ4n) is 2.48. The van der Waals surface area contributed by atoms with Gasteiger partial charge in [0.05, 0.1) is 14.2 Å². The number of aromatic nitrogens is 2. The van der Waals surface area contributed by atoms with E-state index in [0.717, 1.165) is 16.7 Å². The first-order valence-corrected chi connectivity index (χ1v) is 7.26. The van der Waals surface area contributed by atoms with Gasteiger partial charge in [-0.3, -0.25) is 0 Å². The van der Waals surface area contributed by atoms with Crippen molar-refractivity contribution in [3.63, 3.8) is 0 Å². The summed E-state index contributed by atoms with van der Waals surface area (Å²) in [5, 5.41) is 4.07. The van der Waals surface area contributed by atoms with Crippen molar-refractivity contribution >= 4 is 0 Å². The van der Waals surface area contributed by atoms with Gasteiger partial charge in [0.25, 0.3) is 5.89 Å². The van der Waals surface area contributed by atoms with Crippen LogP contribution in [0.25, 0.3) is 22.8 Å². The Morgan fingerprint density at radius 2 is 1.70 bits per heavy atom. The Kier molecular flexibility index (Phi) is 4.02. The van der Waals surface area contributed by atoms with Crippen molar-refractivity contribution in [3.8, 4) is 34.3 Å². The molecule has 0 aliphatic rings. The molecule has 0 unspecified atom stereocenters. The maximum atomic E-state index is 5.42.